The van der Waals surface area contributed by atoms with Gasteiger partial charge in [0.05, 0.1) is 27.3 Å². The Morgan fingerprint density at radius 1 is 1.09 bits per heavy atom. The average molecular weight is 490 g/mol. The first-order valence-corrected chi connectivity index (χ1v) is 10.4. The van der Waals surface area contributed by atoms with E-state index < -0.39 is 11.7 Å². The highest BCUT2D eigenvalue weighted by molar-refractivity contribution is 6.33. The summed E-state index contributed by atoms with van der Waals surface area (Å²) in [6.45, 7) is 0. The molecule has 1 N–H and O–H groups in total. The molecule has 0 aliphatic rings. The van der Waals surface area contributed by atoms with Crippen LogP contribution >= 0.6 is 11.6 Å². The number of aryl methyl sites for hydroxylation is 1. The summed E-state index contributed by atoms with van der Waals surface area (Å²) in [6.07, 6.45) is -3.02. The minimum absolute atomic E-state index is 0.0845. The molecule has 11 heteroatoms. The molecule has 1 amide bonds. The number of amides is 1. The number of carbonyl (C=O) groups excluding carboxylic acids is 1. The summed E-state index contributed by atoms with van der Waals surface area (Å²) >= 11 is 6.10. The van der Waals surface area contributed by atoms with Gasteiger partial charge in [0.1, 0.15) is 17.2 Å². The molecule has 0 unspecified atom stereocenters. The van der Waals surface area contributed by atoms with Gasteiger partial charge in [0.2, 0.25) is 5.95 Å². The predicted octanol–water partition coefficient (Wildman–Crippen LogP) is 5.88. The smallest absolute Gasteiger partial charge is 0.416 e. The van der Waals surface area contributed by atoms with E-state index in [9.17, 15) is 18.0 Å². The first-order chi connectivity index (χ1) is 16.0. The topological polar surface area (TPSA) is 72.3 Å². The van der Waals surface area contributed by atoms with Crippen LogP contribution in [0.1, 0.15) is 16.1 Å². The number of anilines is 2. The van der Waals surface area contributed by atoms with Crippen molar-refractivity contribution in [1.29, 1.82) is 0 Å². The highest BCUT2D eigenvalue weighted by atomic mass is 35.5. The van der Waals surface area contributed by atoms with Crippen molar-refractivity contribution in [1.82, 2.24) is 19.4 Å². The molecule has 4 aromatic rings. The first kappa shape index (κ1) is 23.4. The number of pyridine rings is 1. The Labute approximate surface area is 197 Å². The molecule has 0 aliphatic carbocycles. The average Bonchev–Trinajstić information content (AvgIpc) is 3.08. The van der Waals surface area contributed by atoms with Gasteiger partial charge in [0.25, 0.3) is 5.91 Å². The maximum absolute atomic E-state index is 13.1. The quantitative estimate of drug-likeness (QED) is 0.379. The van der Waals surface area contributed by atoms with E-state index in [4.69, 9.17) is 16.3 Å². The molecule has 0 atom stereocenters. The zero-order chi connectivity index (χ0) is 24.6. The van der Waals surface area contributed by atoms with E-state index in [1.807, 2.05) is 0 Å². The van der Waals surface area contributed by atoms with Crippen LogP contribution in [0.5, 0.6) is 11.5 Å². The van der Waals surface area contributed by atoms with Crippen LogP contribution in [-0.2, 0) is 13.2 Å². The Morgan fingerprint density at radius 3 is 2.53 bits per heavy atom. The second-order valence-corrected chi connectivity index (χ2v) is 8.05. The molecule has 34 heavy (non-hydrogen) atoms. The molecule has 0 radical (unpaired) electrons. The molecule has 176 valence electrons. The molecule has 0 fully saturated rings. The zero-order valence-corrected chi connectivity index (χ0v) is 19.1. The molecule has 0 aliphatic heterocycles. The van der Waals surface area contributed by atoms with Crippen molar-refractivity contribution >= 4 is 40.2 Å². The van der Waals surface area contributed by atoms with Gasteiger partial charge in [0.15, 0.2) is 0 Å². The summed E-state index contributed by atoms with van der Waals surface area (Å²) in [7, 11) is 4.98. The number of rotatable bonds is 5. The Balaban J connectivity index is 1.61. The number of nitrogens with zero attached hydrogens (tertiary/aromatic N) is 4. The molecular weight excluding hydrogens is 471 g/mol. The van der Waals surface area contributed by atoms with Gasteiger partial charge < -0.3 is 19.5 Å². The number of hydrogen-bond donors (Lipinski definition) is 1. The lowest BCUT2D eigenvalue weighted by Gasteiger charge is -2.12. The summed E-state index contributed by atoms with van der Waals surface area (Å²) in [5, 5.41) is 3.00. The predicted molar refractivity (Wildman–Crippen MR) is 123 cm³/mol. The molecule has 2 heterocycles. The lowest BCUT2D eigenvalue weighted by atomic mass is 10.2. The summed E-state index contributed by atoms with van der Waals surface area (Å²) in [4.78, 5) is 22.1. The molecule has 2 aromatic carbocycles. The normalized spacial score (nSPS) is 11.5. The summed E-state index contributed by atoms with van der Waals surface area (Å²) in [5.74, 6) is 0.930. The number of carbonyl (C=O) groups is 1. The van der Waals surface area contributed by atoms with Crippen LogP contribution in [0.4, 0.5) is 24.8 Å². The van der Waals surface area contributed by atoms with E-state index in [1.54, 1.807) is 50.0 Å². The molecule has 0 saturated carbocycles. The molecule has 4 rings (SSSR count). The summed E-state index contributed by atoms with van der Waals surface area (Å²) < 4.78 is 46.8. The lowest BCUT2D eigenvalue weighted by Crippen LogP contribution is -2.22. The fraction of sp³-hybridized carbons (Fsp3) is 0.174. The number of benzene rings is 2. The second kappa shape index (κ2) is 8.86. The number of ether oxygens (including phenoxy) is 1. The third-order valence-corrected chi connectivity index (χ3v) is 5.31. The monoisotopic (exact) mass is 489 g/mol. The summed E-state index contributed by atoms with van der Waals surface area (Å²) in [6, 6.07) is 11.4. The van der Waals surface area contributed by atoms with Gasteiger partial charge in [-0.1, -0.05) is 11.6 Å². The third kappa shape index (κ3) is 4.76. The minimum atomic E-state index is -4.50. The van der Waals surface area contributed by atoms with Crippen LogP contribution in [0.25, 0.3) is 11.0 Å². The molecule has 0 bridgehead atoms. The number of hydrogen-bond acceptors (Lipinski definition) is 5. The van der Waals surface area contributed by atoms with Gasteiger partial charge in [-0.25, -0.2) is 4.98 Å². The van der Waals surface area contributed by atoms with Crippen LogP contribution in [0.3, 0.4) is 0 Å². The number of fused-ring (bicyclic) bond motifs is 1. The van der Waals surface area contributed by atoms with E-state index in [0.29, 0.717) is 23.0 Å². The van der Waals surface area contributed by atoms with E-state index in [1.165, 1.54) is 23.2 Å². The van der Waals surface area contributed by atoms with Gasteiger partial charge in [-0.2, -0.15) is 13.2 Å². The van der Waals surface area contributed by atoms with Gasteiger partial charge in [-0.15, -0.1) is 0 Å². The largest absolute Gasteiger partial charge is 0.457 e. The van der Waals surface area contributed by atoms with Crippen molar-refractivity contribution in [2.75, 3.05) is 19.4 Å². The van der Waals surface area contributed by atoms with Gasteiger partial charge in [-0.05, 0) is 36.4 Å². The van der Waals surface area contributed by atoms with Crippen LogP contribution in [0.2, 0.25) is 5.02 Å². The Kier molecular flexibility index (Phi) is 6.09. The molecule has 0 spiro atoms. The van der Waals surface area contributed by atoms with Crippen LogP contribution in [0, 0.1) is 0 Å². The second-order valence-electron chi connectivity index (χ2n) is 7.64. The summed E-state index contributed by atoms with van der Waals surface area (Å²) in [5.41, 5.74) is 0.769. The van der Waals surface area contributed by atoms with Crippen molar-refractivity contribution in [2.24, 2.45) is 7.05 Å². The van der Waals surface area contributed by atoms with E-state index in [-0.39, 0.29) is 22.3 Å². The third-order valence-electron chi connectivity index (χ3n) is 4.98. The fourth-order valence-corrected chi connectivity index (χ4v) is 3.39. The van der Waals surface area contributed by atoms with Crippen molar-refractivity contribution in [3.8, 4) is 11.5 Å². The number of imidazole rings is 1. The van der Waals surface area contributed by atoms with Crippen molar-refractivity contribution in [2.45, 2.75) is 6.18 Å². The first-order valence-electron chi connectivity index (χ1n) is 9.99. The Hall–Kier alpha value is -3.79. The van der Waals surface area contributed by atoms with Crippen molar-refractivity contribution in [3.05, 3.63) is 71.0 Å². The van der Waals surface area contributed by atoms with Gasteiger partial charge >= 0.3 is 6.18 Å². The van der Waals surface area contributed by atoms with Crippen LogP contribution in [-0.4, -0.2) is 39.4 Å². The Bertz CT molecular complexity index is 1390. The van der Waals surface area contributed by atoms with Gasteiger partial charge in [-0.3, -0.25) is 9.78 Å². The number of aromatic nitrogens is 3. The van der Waals surface area contributed by atoms with Crippen molar-refractivity contribution < 1.29 is 22.7 Å². The molecule has 7 nitrogen and oxygen atoms in total. The van der Waals surface area contributed by atoms with E-state index in [0.717, 1.165) is 17.6 Å². The fourth-order valence-electron chi connectivity index (χ4n) is 3.23. The van der Waals surface area contributed by atoms with E-state index in [2.05, 4.69) is 15.3 Å². The SMILES string of the molecule is CN(C)C(=O)c1cc(Oc2ccc3c(c2)nc(Nc2cc(C(F)(F)F)ccc2Cl)n3C)ccn1. The minimum Gasteiger partial charge on any atom is -0.457 e. The number of nitrogens with one attached hydrogen (secondary N) is 1. The lowest BCUT2D eigenvalue weighted by molar-refractivity contribution is -0.137. The zero-order valence-electron chi connectivity index (χ0n) is 18.3. The van der Waals surface area contributed by atoms with Crippen LogP contribution in [0.15, 0.2) is 54.7 Å². The highest BCUT2D eigenvalue weighted by Gasteiger charge is 2.31. The standard InChI is InChI=1S/C23H19ClF3N5O2/c1-31(2)21(33)19-12-15(8-9-28-19)34-14-5-7-20-18(11-14)30-22(32(20)3)29-17-10-13(23(25,26)27)4-6-16(17)24/h4-12H,1-3H3,(H,29,30). The number of halogens is 4. The van der Waals surface area contributed by atoms with Gasteiger partial charge in [0, 0.05) is 39.5 Å². The highest BCUT2D eigenvalue weighted by Crippen LogP contribution is 2.35. The maximum Gasteiger partial charge on any atom is 0.416 e. The maximum atomic E-state index is 13.1. The molecular formula is C23H19ClF3N5O2. The van der Waals surface area contributed by atoms with Crippen LogP contribution < -0.4 is 10.1 Å². The molecule has 0 saturated heterocycles. The molecule has 2 aromatic heterocycles. The van der Waals surface area contributed by atoms with Crippen molar-refractivity contribution in [3.63, 3.8) is 0 Å². The Morgan fingerprint density at radius 2 is 1.82 bits per heavy atom. The van der Waals surface area contributed by atoms with E-state index >= 15 is 0 Å². The number of alkyl halides is 3.